The third kappa shape index (κ3) is 3.34. The number of hydrogen-bond acceptors (Lipinski definition) is 4. The Morgan fingerprint density at radius 2 is 2.05 bits per heavy atom. The molecule has 0 fully saturated rings. The van der Waals surface area contributed by atoms with Gasteiger partial charge in [0, 0.05) is 10.5 Å². The van der Waals surface area contributed by atoms with Crippen molar-refractivity contribution >= 4 is 21.6 Å². The molecule has 0 saturated carbocycles. The number of ether oxygens (including phenoxy) is 1. The highest BCUT2D eigenvalue weighted by atomic mass is 79.9. The largest absolute Gasteiger partial charge is 0.450 e. The molecule has 2 rings (SSSR count). The van der Waals surface area contributed by atoms with Gasteiger partial charge < -0.3 is 9.84 Å². The average Bonchev–Trinajstić information content (AvgIpc) is 2.38. The molecule has 5 nitrogen and oxygen atoms in total. The van der Waals surface area contributed by atoms with Crippen LogP contribution in [-0.2, 0) is 0 Å². The van der Waals surface area contributed by atoms with Crippen LogP contribution >= 0.6 is 15.9 Å². The highest BCUT2D eigenvalue weighted by molar-refractivity contribution is 9.10. The zero-order valence-corrected chi connectivity index (χ0v) is 12.2. The number of rotatable bonds is 4. The fourth-order valence-electron chi connectivity index (χ4n) is 1.68. The molecule has 0 aliphatic carbocycles. The van der Waals surface area contributed by atoms with Crippen LogP contribution in [0.2, 0.25) is 0 Å². The Balaban J connectivity index is 2.38. The molecule has 1 N–H and O–H groups in total. The van der Waals surface area contributed by atoms with Gasteiger partial charge in [0.2, 0.25) is 5.75 Å². The lowest BCUT2D eigenvalue weighted by atomic mass is 10.1. The highest BCUT2D eigenvalue weighted by Crippen LogP contribution is 2.34. The second-order valence-corrected chi connectivity index (χ2v) is 5.14. The average molecular weight is 338 g/mol. The van der Waals surface area contributed by atoms with Crippen molar-refractivity contribution in [3.05, 3.63) is 62.6 Å². The fourth-order valence-corrected chi connectivity index (χ4v) is 2.06. The van der Waals surface area contributed by atoms with E-state index in [1.54, 1.807) is 31.2 Å². The standard InChI is InChI=1S/C14H12BrNO4/c1-9(17)10-5-6-14(13(7-10)16(18)19)20-12-4-2-3-11(15)8-12/h2-9,17H,1H3/t9-/m1/s1. The number of nitro benzene ring substituents is 1. The van der Waals surface area contributed by atoms with Gasteiger partial charge in [-0.05, 0) is 36.8 Å². The van der Waals surface area contributed by atoms with E-state index in [4.69, 9.17) is 4.74 Å². The van der Waals surface area contributed by atoms with Crippen molar-refractivity contribution in [2.24, 2.45) is 0 Å². The third-order valence-electron chi connectivity index (χ3n) is 2.69. The molecule has 0 aromatic heterocycles. The summed E-state index contributed by atoms with van der Waals surface area (Å²) in [6, 6.07) is 11.4. The van der Waals surface area contributed by atoms with E-state index in [1.807, 2.05) is 6.07 Å². The molecular formula is C14H12BrNO4. The first-order valence-corrected chi connectivity index (χ1v) is 6.66. The Kier molecular flexibility index (Phi) is 4.36. The molecule has 6 heteroatoms. The lowest BCUT2D eigenvalue weighted by molar-refractivity contribution is -0.385. The summed E-state index contributed by atoms with van der Waals surface area (Å²) < 4.78 is 6.35. The van der Waals surface area contributed by atoms with Crippen LogP contribution in [-0.4, -0.2) is 10.0 Å². The Hall–Kier alpha value is -1.92. The molecule has 104 valence electrons. The zero-order valence-electron chi connectivity index (χ0n) is 10.6. The summed E-state index contributed by atoms with van der Waals surface area (Å²) in [5.74, 6) is 0.629. The molecule has 0 saturated heterocycles. The van der Waals surface area contributed by atoms with Gasteiger partial charge in [0.05, 0.1) is 11.0 Å². The molecule has 2 aromatic rings. The normalized spacial score (nSPS) is 11.9. The second kappa shape index (κ2) is 6.02. The molecule has 0 amide bonds. The Labute approximate surface area is 124 Å². The SMILES string of the molecule is C[C@@H](O)c1ccc(Oc2cccc(Br)c2)c([N+](=O)[O-])c1. The van der Waals surface area contributed by atoms with E-state index in [0.29, 0.717) is 11.3 Å². The second-order valence-electron chi connectivity index (χ2n) is 4.22. The van der Waals surface area contributed by atoms with Crippen LogP contribution in [0.3, 0.4) is 0 Å². The Morgan fingerprint density at radius 1 is 1.30 bits per heavy atom. The van der Waals surface area contributed by atoms with E-state index in [0.717, 1.165) is 4.47 Å². The first-order chi connectivity index (χ1) is 9.47. The lowest BCUT2D eigenvalue weighted by Crippen LogP contribution is -1.97. The van der Waals surface area contributed by atoms with Crippen LogP contribution in [0.4, 0.5) is 5.69 Å². The van der Waals surface area contributed by atoms with Crippen molar-refractivity contribution in [3.63, 3.8) is 0 Å². The quantitative estimate of drug-likeness (QED) is 0.670. The predicted octanol–water partition coefficient (Wildman–Crippen LogP) is 4.20. The molecule has 0 radical (unpaired) electrons. The van der Waals surface area contributed by atoms with Crippen molar-refractivity contribution in [3.8, 4) is 11.5 Å². The van der Waals surface area contributed by atoms with E-state index in [-0.39, 0.29) is 11.4 Å². The monoisotopic (exact) mass is 337 g/mol. The van der Waals surface area contributed by atoms with Gasteiger partial charge in [0.15, 0.2) is 0 Å². The molecule has 20 heavy (non-hydrogen) atoms. The van der Waals surface area contributed by atoms with Crippen molar-refractivity contribution in [2.75, 3.05) is 0 Å². The maximum Gasteiger partial charge on any atom is 0.311 e. The molecule has 0 aliphatic rings. The lowest BCUT2D eigenvalue weighted by Gasteiger charge is -2.09. The van der Waals surface area contributed by atoms with Gasteiger partial charge in [-0.1, -0.05) is 28.1 Å². The molecule has 2 aromatic carbocycles. The number of aliphatic hydroxyl groups excluding tert-OH is 1. The molecule has 0 aliphatic heterocycles. The molecule has 1 atom stereocenters. The number of benzene rings is 2. The van der Waals surface area contributed by atoms with Gasteiger partial charge in [-0.3, -0.25) is 10.1 Å². The molecule has 0 unspecified atom stereocenters. The number of hydrogen-bond donors (Lipinski definition) is 1. The smallest absolute Gasteiger partial charge is 0.311 e. The van der Waals surface area contributed by atoms with Crippen LogP contribution < -0.4 is 4.74 Å². The van der Waals surface area contributed by atoms with Crippen molar-refractivity contribution < 1.29 is 14.8 Å². The maximum atomic E-state index is 11.1. The minimum absolute atomic E-state index is 0.137. The molecule has 0 heterocycles. The number of aliphatic hydroxyl groups is 1. The summed E-state index contributed by atoms with van der Waals surface area (Å²) in [5, 5.41) is 20.6. The third-order valence-corrected chi connectivity index (χ3v) is 3.18. The van der Waals surface area contributed by atoms with Crippen LogP contribution in [0.5, 0.6) is 11.5 Å². The highest BCUT2D eigenvalue weighted by Gasteiger charge is 2.18. The Bertz CT molecular complexity index is 643. The minimum atomic E-state index is -0.770. The summed E-state index contributed by atoms with van der Waals surface area (Å²) in [6.07, 6.45) is -0.770. The van der Waals surface area contributed by atoms with Crippen LogP contribution in [0, 0.1) is 10.1 Å². The van der Waals surface area contributed by atoms with Gasteiger partial charge in [0.25, 0.3) is 0 Å². The number of halogens is 1. The predicted molar refractivity (Wildman–Crippen MR) is 77.9 cm³/mol. The molecule has 0 spiro atoms. The van der Waals surface area contributed by atoms with Crippen LogP contribution in [0.1, 0.15) is 18.6 Å². The topological polar surface area (TPSA) is 72.6 Å². The van der Waals surface area contributed by atoms with Gasteiger partial charge >= 0.3 is 5.69 Å². The zero-order chi connectivity index (χ0) is 14.7. The van der Waals surface area contributed by atoms with Crippen LogP contribution in [0.25, 0.3) is 0 Å². The summed E-state index contributed by atoms with van der Waals surface area (Å²) in [4.78, 5) is 10.6. The van der Waals surface area contributed by atoms with Gasteiger partial charge in [0.1, 0.15) is 5.75 Å². The maximum absolute atomic E-state index is 11.1. The van der Waals surface area contributed by atoms with Crippen molar-refractivity contribution in [2.45, 2.75) is 13.0 Å². The van der Waals surface area contributed by atoms with E-state index >= 15 is 0 Å². The molecule has 0 bridgehead atoms. The molecular weight excluding hydrogens is 326 g/mol. The Morgan fingerprint density at radius 3 is 2.65 bits per heavy atom. The fraction of sp³-hybridized carbons (Fsp3) is 0.143. The van der Waals surface area contributed by atoms with E-state index in [2.05, 4.69) is 15.9 Å². The minimum Gasteiger partial charge on any atom is -0.450 e. The summed E-state index contributed by atoms with van der Waals surface area (Å²) in [7, 11) is 0. The van der Waals surface area contributed by atoms with Gasteiger partial charge in [-0.25, -0.2) is 0 Å². The number of nitro groups is 1. The van der Waals surface area contributed by atoms with E-state index < -0.39 is 11.0 Å². The van der Waals surface area contributed by atoms with E-state index in [9.17, 15) is 15.2 Å². The first kappa shape index (κ1) is 14.5. The van der Waals surface area contributed by atoms with Gasteiger partial charge in [-0.2, -0.15) is 0 Å². The van der Waals surface area contributed by atoms with Crippen molar-refractivity contribution in [1.29, 1.82) is 0 Å². The summed E-state index contributed by atoms with van der Waals surface area (Å²) in [5.41, 5.74) is 0.293. The summed E-state index contributed by atoms with van der Waals surface area (Å²) >= 11 is 3.31. The first-order valence-electron chi connectivity index (χ1n) is 5.87. The van der Waals surface area contributed by atoms with E-state index in [1.165, 1.54) is 12.1 Å². The van der Waals surface area contributed by atoms with Crippen molar-refractivity contribution in [1.82, 2.24) is 0 Å². The summed E-state index contributed by atoms with van der Waals surface area (Å²) in [6.45, 7) is 1.55. The van der Waals surface area contributed by atoms with Crippen LogP contribution in [0.15, 0.2) is 46.9 Å². The number of nitrogens with zero attached hydrogens (tertiary/aromatic N) is 1. The van der Waals surface area contributed by atoms with Gasteiger partial charge in [-0.15, -0.1) is 0 Å².